The zero-order valence-corrected chi connectivity index (χ0v) is 9.74. The molecule has 2 atom stereocenters. The van der Waals surface area contributed by atoms with Crippen LogP contribution in [0.2, 0.25) is 0 Å². The first-order chi connectivity index (χ1) is 7.17. The van der Waals surface area contributed by atoms with Gasteiger partial charge in [-0.2, -0.15) is 0 Å². The molecule has 15 heavy (non-hydrogen) atoms. The van der Waals surface area contributed by atoms with Gasteiger partial charge in [-0.05, 0) is 19.4 Å². The molecule has 0 aromatic carbocycles. The smallest absolute Gasteiger partial charge is 0.310 e. The van der Waals surface area contributed by atoms with Gasteiger partial charge < -0.3 is 15.4 Å². The number of ether oxygens (including phenoxy) is 1. The van der Waals surface area contributed by atoms with Gasteiger partial charge in [-0.3, -0.25) is 4.79 Å². The van der Waals surface area contributed by atoms with Crippen molar-refractivity contribution in [2.24, 2.45) is 11.7 Å². The third kappa shape index (κ3) is 3.80. The molecule has 1 aliphatic rings. The Morgan fingerprint density at radius 1 is 1.53 bits per heavy atom. The lowest BCUT2D eigenvalue weighted by Gasteiger charge is -2.34. The van der Waals surface area contributed by atoms with E-state index in [4.69, 9.17) is 10.5 Å². The molecule has 2 N–H and O–H groups in total. The average molecular weight is 214 g/mol. The van der Waals surface area contributed by atoms with Crippen LogP contribution >= 0.6 is 0 Å². The van der Waals surface area contributed by atoms with Crippen LogP contribution < -0.4 is 5.73 Å². The number of hydrogen-bond donors (Lipinski definition) is 1. The van der Waals surface area contributed by atoms with E-state index in [1.54, 1.807) is 0 Å². The molecule has 1 heterocycles. The summed E-state index contributed by atoms with van der Waals surface area (Å²) < 4.78 is 4.77. The summed E-state index contributed by atoms with van der Waals surface area (Å²) in [5.74, 6) is -0.151. The highest BCUT2D eigenvalue weighted by Gasteiger charge is 2.30. The maximum absolute atomic E-state index is 11.4. The SMILES string of the molecule is CCCCN1CC(N)CC(C(=O)OC)C1. The number of nitrogens with zero attached hydrogens (tertiary/aromatic N) is 1. The van der Waals surface area contributed by atoms with Crippen molar-refractivity contribution >= 4 is 5.97 Å². The third-order valence-corrected chi connectivity index (χ3v) is 2.92. The molecule has 0 aromatic rings. The lowest BCUT2D eigenvalue weighted by atomic mass is 9.94. The quantitative estimate of drug-likeness (QED) is 0.697. The van der Waals surface area contributed by atoms with Crippen LogP contribution in [0.4, 0.5) is 0 Å². The van der Waals surface area contributed by atoms with Gasteiger partial charge in [0.2, 0.25) is 0 Å². The Labute approximate surface area is 91.8 Å². The highest BCUT2D eigenvalue weighted by molar-refractivity contribution is 5.72. The number of piperidine rings is 1. The summed E-state index contributed by atoms with van der Waals surface area (Å²) in [6.07, 6.45) is 3.10. The van der Waals surface area contributed by atoms with Crippen LogP contribution in [0.15, 0.2) is 0 Å². The number of unbranched alkanes of at least 4 members (excludes halogenated alkanes) is 1. The Balaban J connectivity index is 2.44. The average Bonchev–Trinajstić information content (AvgIpc) is 2.24. The van der Waals surface area contributed by atoms with Gasteiger partial charge in [0.1, 0.15) is 0 Å². The first kappa shape index (κ1) is 12.5. The zero-order valence-electron chi connectivity index (χ0n) is 9.74. The van der Waals surface area contributed by atoms with E-state index >= 15 is 0 Å². The molecule has 0 saturated carbocycles. The Morgan fingerprint density at radius 2 is 2.27 bits per heavy atom. The van der Waals surface area contributed by atoms with Crippen LogP contribution in [0.1, 0.15) is 26.2 Å². The molecule has 1 saturated heterocycles. The van der Waals surface area contributed by atoms with Crippen molar-refractivity contribution in [1.29, 1.82) is 0 Å². The molecule has 4 heteroatoms. The molecule has 0 radical (unpaired) electrons. The highest BCUT2D eigenvalue weighted by atomic mass is 16.5. The van der Waals surface area contributed by atoms with Gasteiger partial charge in [0.25, 0.3) is 0 Å². The fraction of sp³-hybridized carbons (Fsp3) is 0.909. The normalized spacial score (nSPS) is 27.7. The predicted octanol–water partition coefficient (Wildman–Crippen LogP) is 0.609. The van der Waals surface area contributed by atoms with E-state index < -0.39 is 0 Å². The van der Waals surface area contributed by atoms with Gasteiger partial charge in [0, 0.05) is 19.1 Å². The van der Waals surface area contributed by atoms with Crippen LogP contribution in [0, 0.1) is 5.92 Å². The largest absolute Gasteiger partial charge is 0.469 e. The van der Waals surface area contributed by atoms with Gasteiger partial charge in [0.15, 0.2) is 0 Å². The number of carbonyl (C=O) groups excluding carboxylic acids is 1. The van der Waals surface area contributed by atoms with Gasteiger partial charge in [-0.25, -0.2) is 0 Å². The maximum atomic E-state index is 11.4. The predicted molar refractivity (Wildman–Crippen MR) is 59.4 cm³/mol. The van der Waals surface area contributed by atoms with E-state index in [2.05, 4.69) is 11.8 Å². The first-order valence-corrected chi connectivity index (χ1v) is 5.73. The standard InChI is InChI=1S/C11H22N2O2/c1-3-4-5-13-7-9(11(14)15-2)6-10(12)8-13/h9-10H,3-8,12H2,1-2H3. The number of carbonyl (C=O) groups is 1. The summed E-state index contributed by atoms with van der Waals surface area (Å²) in [6, 6.07) is 0.111. The van der Waals surface area contributed by atoms with E-state index in [-0.39, 0.29) is 17.9 Å². The minimum atomic E-state index is -0.119. The topological polar surface area (TPSA) is 55.6 Å². The molecule has 0 aromatic heterocycles. The van der Waals surface area contributed by atoms with Crippen LogP contribution in [0.3, 0.4) is 0 Å². The van der Waals surface area contributed by atoms with Crippen molar-refractivity contribution in [3.8, 4) is 0 Å². The Kier molecular flexibility index (Phi) is 5.05. The number of nitrogens with two attached hydrogens (primary N) is 1. The molecule has 88 valence electrons. The molecule has 4 nitrogen and oxygen atoms in total. The van der Waals surface area contributed by atoms with Crippen LogP contribution in [-0.2, 0) is 9.53 Å². The number of esters is 1. The second-order valence-corrected chi connectivity index (χ2v) is 4.33. The van der Waals surface area contributed by atoms with Crippen molar-refractivity contribution in [3.05, 3.63) is 0 Å². The van der Waals surface area contributed by atoms with Gasteiger partial charge in [0.05, 0.1) is 13.0 Å². The fourth-order valence-corrected chi connectivity index (χ4v) is 2.13. The summed E-state index contributed by atoms with van der Waals surface area (Å²) in [5.41, 5.74) is 5.93. The lowest BCUT2D eigenvalue weighted by Crippen LogP contribution is -2.49. The van der Waals surface area contributed by atoms with Crippen molar-refractivity contribution in [2.75, 3.05) is 26.7 Å². The van der Waals surface area contributed by atoms with Crippen LogP contribution in [0.5, 0.6) is 0 Å². The summed E-state index contributed by atoms with van der Waals surface area (Å²) >= 11 is 0. The molecule has 1 fully saturated rings. The van der Waals surface area contributed by atoms with E-state index in [0.29, 0.717) is 0 Å². The van der Waals surface area contributed by atoms with Crippen molar-refractivity contribution in [3.63, 3.8) is 0 Å². The number of hydrogen-bond acceptors (Lipinski definition) is 4. The van der Waals surface area contributed by atoms with Gasteiger partial charge in [-0.1, -0.05) is 13.3 Å². The van der Waals surface area contributed by atoms with Crippen LogP contribution in [0.25, 0.3) is 0 Å². The first-order valence-electron chi connectivity index (χ1n) is 5.73. The monoisotopic (exact) mass is 214 g/mol. The minimum absolute atomic E-state index is 0.0318. The number of likely N-dealkylation sites (tertiary alicyclic amines) is 1. The van der Waals surface area contributed by atoms with Crippen LogP contribution in [-0.4, -0.2) is 43.7 Å². The molecule has 0 aliphatic carbocycles. The third-order valence-electron chi connectivity index (χ3n) is 2.92. The molecule has 1 rings (SSSR count). The van der Waals surface area contributed by atoms with E-state index in [1.165, 1.54) is 20.0 Å². The number of rotatable bonds is 4. The lowest BCUT2D eigenvalue weighted by molar-refractivity contribution is -0.147. The van der Waals surface area contributed by atoms with E-state index in [1.807, 2.05) is 0 Å². The Hall–Kier alpha value is -0.610. The molecular formula is C11H22N2O2. The Morgan fingerprint density at radius 3 is 2.87 bits per heavy atom. The molecular weight excluding hydrogens is 192 g/mol. The van der Waals surface area contributed by atoms with Crippen molar-refractivity contribution < 1.29 is 9.53 Å². The number of methoxy groups -OCH3 is 1. The summed E-state index contributed by atoms with van der Waals surface area (Å²) in [4.78, 5) is 13.7. The summed E-state index contributed by atoms with van der Waals surface area (Å²) in [6.45, 7) is 4.92. The second kappa shape index (κ2) is 6.08. The Bertz CT molecular complexity index is 209. The van der Waals surface area contributed by atoms with E-state index in [9.17, 15) is 4.79 Å². The van der Waals surface area contributed by atoms with Gasteiger partial charge >= 0.3 is 5.97 Å². The maximum Gasteiger partial charge on any atom is 0.310 e. The molecule has 0 amide bonds. The fourth-order valence-electron chi connectivity index (χ4n) is 2.13. The van der Waals surface area contributed by atoms with E-state index in [0.717, 1.165) is 26.1 Å². The molecule has 0 spiro atoms. The second-order valence-electron chi connectivity index (χ2n) is 4.33. The minimum Gasteiger partial charge on any atom is -0.469 e. The molecule has 1 aliphatic heterocycles. The highest BCUT2D eigenvalue weighted by Crippen LogP contribution is 2.17. The molecule has 2 unspecified atom stereocenters. The van der Waals surface area contributed by atoms with Crippen molar-refractivity contribution in [1.82, 2.24) is 4.90 Å². The van der Waals surface area contributed by atoms with Crippen molar-refractivity contribution in [2.45, 2.75) is 32.2 Å². The molecule has 0 bridgehead atoms. The summed E-state index contributed by atoms with van der Waals surface area (Å²) in [7, 11) is 1.44. The zero-order chi connectivity index (χ0) is 11.3. The summed E-state index contributed by atoms with van der Waals surface area (Å²) in [5, 5.41) is 0. The van der Waals surface area contributed by atoms with Gasteiger partial charge in [-0.15, -0.1) is 0 Å².